The molecule has 1 aliphatic carbocycles. The van der Waals surface area contributed by atoms with Crippen LogP contribution in [0.5, 0.6) is 0 Å². The lowest BCUT2D eigenvalue weighted by Crippen LogP contribution is -2.38. The summed E-state index contributed by atoms with van der Waals surface area (Å²) in [6, 6.07) is 0. The van der Waals surface area contributed by atoms with Gasteiger partial charge in [0.1, 0.15) is 0 Å². The van der Waals surface area contributed by atoms with Gasteiger partial charge in [-0.2, -0.15) is 0 Å². The zero-order chi connectivity index (χ0) is 16.8. The maximum absolute atomic E-state index is 11.9. The van der Waals surface area contributed by atoms with E-state index in [4.69, 9.17) is 4.84 Å². The minimum absolute atomic E-state index is 0.0244. The summed E-state index contributed by atoms with van der Waals surface area (Å²) in [6.07, 6.45) is 4.43. The average Bonchev–Trinajstić information content (AvgIpc) is 2.55. The maximum Gasteiger partial charge on any atom is 0.234 e. The zero-order valence-corrected chi connectivity index (χ0v) is 14.1. The minimum atomic E-state index is 0.0244. The number of allylic oxidation sites excluding steroid dienone is 3. The topological polar surface area (TPSA) is 70.7 Å². The number of carbonyl (C=O) groups is 2. The number of nitrogens with zero attached hydrogens (tertiary/aromatic N) is 1. The quantitative estimate of drug-likeness (QED) is 0.743. The van der Waals surface area contributed by atoms with Crippen LogP contribution in [-0.4, -0.2) is 42.8 Å². The second kappa shape index (κ2) is 7.97. The molecule has 0 aromatic heterocycles. The monoisotopic (exact) mass is 319 g/mol. The number of hydrogen-bond acceptors (Lipinski definition) is 5. The van der Waals surface area contributed by atoms with E-state index in [1.54, 1.807) is 12.2 Å². The van der Waals surface area contributed by atoms with Gasteiger partial charge in [-0.3, -0.25) is 14.5 Å². The molecule has 0 bridgehead atoms. The smallest absolute Gasteiger partial charge is 0.234 e. The van der Waals surface area contributed by atoms with E-state index in [1.165, 1.54) is 0 Å². The van der Waals surface area contributed by atoms with Crippen LogP contribution in [0.3, 0.4) is 0 Å². The van der Waals surface area contributed by atoms with E-state index in [0.717, 1.165) is 29.9 Å². The Balaban J connectivity index is 1.88. The highest BCUT2D eigenvalue weighted by Gasteiger charge is 2.23. The number of ketones is 1. The number of fused-ring (bicyclic) bond motifs is 1. The fourth-order valence-electron chi connectivity index (χ4n) is 2.61. The molecule has 6 nitrogen and oxygen atoms in total. The van der Waals surface area contributed by atoms with Crippen molar-refractivity contribution in [2.45, 2.75) is 33.6 Å². The highest BCUT2D eigenvalue weighted by molar-refractivity contribution is 5.94. The van der Waals surface area contributed by atoms with Gasteiger partial charge in [-0.25, -0.2) is 5.48 Å². The lowest BCUT2D eigenvalue weighted by molar-refractivity contribution is -0.122. The van der Waals surface area contributed by atoms with Crippen molar-refractivity contribution in [1.29, 1.82) is 0 Å². The molecular weight excluding hydrogens is 294 g/mol. The molecular formula is C17H25N3O3. The van der Waals surface area contributed by atoms with Gasteiger partial charge in [-0.15, -0.1) is 0 Å². The van der Waals surface area contributed by atoms with Crippen molar-refractivity contribution >= 4 is 11.7 Å². The first-order valence-electron chi connectivity index (χ1n) is 8.12. The molecule has 0 saturated heterocycles. The Morgan fingerprint density at radius 3 is 2.83 bits per heavy atom. The van der Waals surface area contributed by atoms with Crippen LogP contribution in [0, 0.1) is 0 Å². The van der Waals surface area contributed by atoms with Crippen molar-refractivity contribution in [2.75, 3.05) is 26.2 Å². The number of hydrogen-bond donors (Lipinski definition) is 2. The maximum atomic E-state index is 11.9. The number of nitrogens with one attached hydrogen (secondary N) is 2. The summed E-state index contributed by atoms with van der Waals surface area (Å²) >= 11 is 0. The van der Waals surface area contributed by atoms with Crippen LogP contribution in [-0.2, 0) is 14.4 Å². The zero-order valence-electron chi connectivity index (χ0n) is 14.1. The van der Waals surface area contributed by atoms with E-state index in [-0.39, 0.29) is 11.7 Å². The summed E-state index contributed by atoms with van der Waals surface area (Å²) < 4.78 is 0. The van der Waals surface area contributed by atoms with Gasteiger partial charge >= 0.3 is 0 Å². The molecule has 2 aliphatic rings. The summed E-state index contributed by atoms with van der Waals surface area (Å²) in [5.41, 5.74) is 5.64. The van der Waals surface area contributed by atoms with Gasteiger partial charge in [0.25, 0.3) is 0 Å². The summed E-state index contributed by atoms with van der Waals surface area (Å²) in [6.45, 7) is 8.71. The first-order valence-corrected chi connectivity index (χ1v) is 8.12. The lowest BCUT2D eigenvalue weighted by Gasteiger charge is -2.26. The van der Waals surface area contributed by atoms with E-state index >= 15 is 0 Å². The van der Waals surface area contributed by atoms with Crippen molar-refractivity contribution in [3.63, 3.8) is 0 Å². The van der Waals surface area contributed by atoms with Crippen LogP contribution in [0.1, 0.15) is 33.6 Å². The number of amides is 1. The Labute approximate surface area is 137 Å². The van der Waals surface area contributed by atoms with Crippen LogP contribution in [0.2, 0.25) is 0 Å². The van der Waals surface area contributed by atoms with Crippen molar-refractivity contribution in [3.8, 4) is 0 Å². The van der Waals surface area contributed by atoms with Crippen molar-refractivity contribution in [1.82, 2.24) is 15.7 Å². The predicted molar refractivity (Wildman–Crippen MR) is 88.1 cm³/mol. The molecule has 0 unspecified atom stereocenters. The van der Waals surface area contributed by atoms with Gasteiger partial charge in [0.2, 0.25) is 5.91 Å². The van der Waals surface area contributed by atoms with E-state index < -0.39 is 0 Å². The van der Waals surface area contributed by atoms with E-state index in [0.29, 0.717) is 31.7 Å². The van der Waals surface area contributed by atoms with Gasteiger partial charge in [0.15, 0.2) is 11.5 Å². The summed E-state index contributed by atoms with van der Waals surface area (Å²) in [7, 11) is 0. The molecule has 6 heteroatoms. The van der Waals surface area contributed by atoms with Crippen LogP contribution in [0.15, 0.2) is 34.8 Å². The molecule has 0 atom stereocenters. The van der Waals surface area contributed by atoms with E-state index in [2.05, 4.69) is 15.7 Å². The molecule has 23 heavy (non-hydrogen) atoms. The Kier molecular flexibility index (Phi) is 5.98. The fraction of sp³-hybridized carbons (Fsp3) is 0.529. The summed E-state index contributed by atoms with van der Waals surface area (Å²) in [5, 5.41) is 2.92. The molecule has 1 aliphatic heterocycles. The van der Waals surface area contributed by atoms with Gasteiger partial charge in [-0.1, -0.05) is 13.8 Å². The first-order chi connectivity index (χ1) is 11.0. The van der Waals surface area contributed by atoms with Crippen LogP contribution in [0.25, 0.3) is 0 Å². The van der Waals surface area contributed by atoms with Crippen LogP contribution in [0.4, 0.5) is 0 Å². The molecule has 0 aromatic carbocycles. The molecule has 0 aromatic rings. The highest BCUT2D eigenvalue weighted by Crippen LogP contribution is 2.30. The molecule has 0 fully saturated rings. The number of carbonyl (C=O) groups excluding carboxylic acids is 2. The standard InChI is InChI=1S/C17H25N3O3/c1-4-20(5-2)11-17(22)18-9-8-15-12(3)14-10-13(21)6-7-16(14)23-19-15/h7,10,19H,4-6,8-9,11H2,1-3H3,(H,18,22). The molecule has 0 saturated carbocycles. The molecule has 0 spiro atoms. The average molecular weight is 319 g/mol. The van der Waals surface area contributed by atoms with Crippen molar-refractivity contribution in [2.24, 2.45) is 0 Å². The molecule has 1 heterocycles. The van der Waals surface area contributed by atoms with Crippen LogP contribution >= 0.6 is 0 Å². The normalized spacial score (nSPS) is 17.1. The predicted octanol–water partition coefficient (Wildman–Crippen LogP) is 1.43. The van der Waals surface area contributed by atoms with Crippen molar-refractivity contribution < 1.29 is 14.4 Å². The third-order valence-electron chi connectivity index (χ3n) is 4.16. The third kappa shape index (κ3) is 4.45. The van der Waals surface area contributed by atoms with Gasteiger partial charge < -0.3 is 10.2 Å². The Hall–Kier alpha value is -2.08. The molecule has 126 valence electrons. The van der Waals surface area contributed by atoms with Crippen molar-refractivity contribution in [3.05, 3.63) is 34.8 Å². The van der Waals surface area contributed by atoms with E-state index in [9.17, 15) is 9.59 Å². The molecule has 1 amide bonds. The second-order valence-electron chi connectivity index (χ2n) is 5.67. The summed E-state index contributed by atoms with van der Waals surface area (Å²) in [5.74, 6) is 0.813. The Morgan fingerprint density at radius 1 is 1.39 bits per heavy atom. The molecule has 2 rings (SSSR count). The Bertz CT molecular complexity index is 572. The van der Waals surface area contributed by atoms with Crippen LogP contribution < -0.4 is 10.8 Å². The first kappa shape index (κ1) is 17.3. The third-order valence-corrected chi connectivity index (χ3v) is 4.16. The largest absolute Gasteiger partial charge is 0.382 e. The molecule has 0 radical (unpaired) electrons. The highest BCUT2D eigenvalue weighted by atomic mass is 16.6. The SMILES string of the molecule is CCN(CC)CC(=O)NCCC1=C(C)C2=CC(=O)CC=C2ON1. The fourth-order valence-corrected chi connectivity index (χ4v) is 2.61. The van der Waals surface area contributed by atoms with Gasteiger partial charge in [0, 0.05) is 25.0 Å². The van der Waals surface area contributed by atoms with Gasteiger partial charge in [-0.05, 0) is 37.7 Å². The lowest BCUT2D eigenvalue weighted by atomic mass is 9.95. The minimum Gasteiger partial charge on any atom is -0.382 e. The van der Waals surface area contributed by atoms with Gasteiger partial charge in [0.05, 0.1) is 12.2 Å². The Morgan fingerprint density at radius 2 is 2.13 bits per heavy atom. The van der Waals surface area contributed by atoms with E-state index in [1.807, 2.05) is 20.8 Å². The summed E-state index contributed by atoms with van der Waals surface area (Å²) in [4.78, 5) is 31.0. The molecule has 2 N–H and O–H groups in total. The number of rotatable bonds is 7. The number of likely N-dealkylation sites (N-methyl/N-ethyl adjacent to an activating group) is 1. The second-order valence-corrected chi connectivity index (χ2v) is 5.67. The number of hydroxylamine groups is 1.